The minimum Gasteiger partial charge on any atom is -0.208 e. The molecule has 0 aliphatic rings. The quantitative estimate of drug-likeness (QED) is 0.913. The molecule has 6 heteroatoms. The lowest BCUT2D eigenvalue weighted by molar-refractivity contribution is 0.476. The minimum atomic E-state index is -3.48. The number of hydrogen-bond acceptors (Lipinski definition) is 2. The normalized spacial score (nSPS) is 14.0. The van der Waals surface area contributed by atoms with Crippen molar-refractivity contribution in [2.24, 2.45) is 5.92 Å². The summed E-state index contributed by atoms with van der Waals surface area (Å²) < 4.78 is 27.3. The summed E-state index contributed by atoms with van der Waals surface area (Å²) in [6.07, 6.45) is 0. The fraction of sp³-hybridized carbons (Fsp3) is 0.455. The van der Waals surface area contributed by atoms with Gasteiger partial charge in [0.15, 0.2) is 0 Å². The lowest BCUT2D eigenvalue weighted by atomic mass is 10.1. The zero-order valence-corrected chi connectivity index (χ0v) is 13.0. The summed E-state index contributed by atoms with van der Waals surface area (Å²) in [7, 11) is -3.48. The van der Waals surface area contributed by atoms with E-state index in [2.05, 4.69) is 20.7 Å². The highest BCUT2D eigenvalue weighted by molar-refractivity contribution is 9.10. The van der Waals surface area contributed by atoms with Gasteiger partial charge >= 0.3 is 0 Å². The minimum absolute atomic E-state index is 0.116. The van der Waals surface area contributed by atoms with Crippen LogP contribution < -0.4 is 4.72 Å². The molecule has 0 fully saturated rings. The molecule has 96 valence electrons. The van der Waals surface area contributed by atoms with Gasteiger partial charge in [-0.15, -0.1) is 0 Å². The van der Waals surface area contributed by atoms with E-state index in [0.717, 1.165) is 0 Å². The Hall–Kier alpha value is -0.100. The summed E-state index contributed by atoms with van der Waals surface area (Å²) in [5.41, 5.74) is 0. The van der Waals surface area contributed by atoms with E-state index in [0.29, 0.717) is 9.50 Å². The number of hydrogen-bond donors (Lipinski definition) is 1. The van der Waals surface area contributed by atoms with Crippen molar-refractivity contribution >= 4 is 37.6 Å². The number of halogens is 2. The smallest absolute Gasteiger partial charge is 0.208 e. The van der Waals surface area contributed by atoms with Crippen molar-refractivity contribution in [1.82, 2.24) is 4.72 Å². The average molecular weight is 341 g/mol. The topological polar surface area (TPSA) is 46.2 Å². The van der Waals surface area contributed by atoms with Crippen LogP contribution in [-0.4, -0.2) is 14.5 Å². The maximum Gasteiger partial charge on any atom is 0.240 e. The Bertz CT molecular complexity index is 502. The Labute approximate surface area is 116 Å². The van der Waals surface area contributed by atoms with Crippen LogP contribution >= 0.6 is 27.5 Å². The van der Waals surface area contributed by atoms with Gasteiger partial charge in [0.1, 0.15) is 0 Å². The standard InChI is InChI=1S/C11H15BrClNO2S/c1-7(2)8(3)14-17(15,16)9-4-5-11(13)10(12)6-9/h4-8,14H,1-3H3. The maximum atomic E-state index is 12.0. The summed E-state index contributed by atoms with van der Waals surface area (Å²) in [6, 6.07) is 4.43. The van der Waals surface area contributed by atoms with E-state index in [4.69, 9.17) is 11.6 Å². The highest BCUT2D eigenvalue weighted by atomic mass is 79.9. The van der Waals surface area contributed by atoms with Crippen molar-refractivity contribution in [3.63, 3.8) is 0 Å². The van der Waals surface area contributed by atoms with Crippen LogP contribution in [0.3, 0.4) is 0 Å². The third-order valence-electron chi connectivity index (χ3n) is 2.54. The molecule has 1 aromatic rings. The van der Waals surface area contributed by atoms with Gasteiger partial charge in [-0.2, -0.15) is 0 Å². The van der Waals surface area contributed by atoms with Gasteiger partial charge in [0.05, 0.1) is 9.92 Å². The van der Waals surface area contributed by atoms with Crippen LogP contribution in [0.4, 0.5) is 0 Å². The van der Waals surface area contributed by atoms with Gasteiger partial charge in [0, 0.05) is 10.5 Å². The van der Waals surface area contributed by atoms with Gasteiger partial charge < -0.3 is 0 Å². The van der Waals surface area contributed by atoms with Gasteiger partial charge in [-0.25, -0.2) is 13.1 Å². The fourth-order valence-electron chi connectivity index (χ4n) is 1.09. The van der Waals surface area contributed by atoms with Crippen LogP contribution in [0.15, 0.2) is 27.6 Å². The maximum absolute atomic E-state index is 12.0. The van der Waals surface area contributed by atoms with Crippen molar-refractivity contribution in [2.45, 2.75) is 31.7 Å². The Balaban J connectivity index is 3.01. The van der Waals surface area contributed by atoms with Crippen molar-refractivity contribution in [3.05, 3.63) is 27.7 Å². The fourth-order valence-corrected chi connectivity index (χ4v) is 3.16. The predicted molar refractivity (Wildman–Crippen MR) is 73.8 cm³/mol. The number of benzene rings is 1. The molecule has 0 amide bonds. The van der Waals surface area contributed by atoms with Crippen molar-refractivity contribution in [2.75, 3.05) is 0 Å². The summed E-state index contributed by atoms with van der Waals surface area (Å²) in [6.45, 7) is 5.77. The molecule has 0 heterocycles. The highest BCUT2D eigenvalue weighted by Crippen LogP contribution is 2.25. The van der Waals surface area contributed by atoms with Crippen LogP contribution in [0, 0.1) is 5.92 Å². The first kappa shape index (κ1) is 15.0. The lowest BCUT2D eigenvalue weighted by Gasteiger charge is -2.17. The molecule has 1 aromatic carbocycles. The molecule has 1 N–H and O–H groups in total. The van der Waals surface area contributed by atoms with Gasteiger partial charge in [0.25, 0.3) is 0 Å². The lowest BCUT2D eigenvalue weighted by Crippen LogP contribution is -2.36. The second kappa shape index (κ2) is 5.69. The van der Waals surface area contributed by atoms with Crippen molar-refractivity contribution < 1.29 is 8.42 Å². The Kier molecular flexibility index (Phi) is 5.01. The molecule has 17 heavy (non-hydrogen) atoms. The Morgan fingerprint density at radius 2 is 1.88 bits per heavy atom. The Morgan fingerprint density at radius 1 is 1.29 bits per heavy atom. The van der Waals surface area contributed by atoms with Crippen molar-refractivity contribution in [3.8, 4) is 0 Å². The summed E-state index contributed by atoms with van der Waals surface area (Å²) in [5, 5.41) is 0.487. The van der Waals surface area contributed by atoms with Crippen LogP contribution in [0.5, 0.6) is 0 Å². The van der Waals surface area contributed by atoms with Gasteiger partial charge in [-0.1, -0.05) is 25.4 Å². The van der Waals surface area contributed by atoms with Crippen LogP contribution in [0.2, 0.25) is 5.02 Å². The molecule has 0 saturated carbocycles. The molecule has 1 unspecified atom stereocenters. The van der Waals surface area contributed by atoms with Gasteiger partial charge in [0.2, 0.25) is 10.0 Å². The monoisotopic (exact) mass is 339 g/mol. The molecular weight excluding hydrogens is 326 g/mol. The van der Waals surface area contributed by atoms with E-state index < -0.39 is 10.0 Å². The van der Waals surface area contributed by atoms with Gasteiger partial charge in [-0.3, -0.25) is 0 Å². The highest BCUT2D eigenvalue weighted by Gasteiger charge is 2.19. The van der Waals surface area contributed by atoms with E-state index in [-0.39, 0.29) is 16.9 Å². The second-order valence-corrected chi connectivity index (χ2v) is 7.21. The zero-order chi connectivity index (χ0) is 13.2. The molecule has 1 rings (SSSR count). The van der Waals surface area contributed by atoms with E-state index >= 15 is 0 Å². The van der Waals surface area contributed by atoms with E-state index in [1.165, 1.54) is 12.1 Å². The molecule has 0 radical (unpaired) electrons. The molecule has 0 spiro atoms. The molecule has 0 bridgehead atoms. The SMILES string of the molecule is CC(C)C(C)NS(=O)(=O)c1ccc(Cl)c(Br)c1. The van der Waals surface area contributed by atoms with E-state index in [1.54, 1.807) is 6.07 Å². The molecule has 0 aliphatic heterocycles. The number of nitrogens with one attached hydrogen (secondary N) is 1. The summed E-state index contributed by atoms with van der Waals surface area (Å²) in [4.78, 5) is 0.210. The van der Waals surface area contributed by atoms with Gasteiger partial charge in [-0.05, 0) is 47.0 Å². The summed E-state index contributed by atoms with van der Waals surface area (Å²) >= 11 is 9.03. The first-order valence-electron chi connectivity index (χ1n) is 5.21. The molecular formula is C11H15BrClNO2S. The van der Waals surface area contributed by atoms with Crippen LogP contribution in [0.25, 0.3) is 0 Å². The molecule has 0 aliphatic carbocycles. The van der Waals surface area contributed by atoms with Crippen molar-refractivity contribution in [1.29, 1.82) is 0 Å². The molecule has 1 atom stereocenters. The second-order valence-electron chi connectivity index (χ2n) is 4.23. The zero-order valence-electron chi connectivity index (χ0n) is 9.87. The third-order valence-corrected chi connectivity index (χ3v) is 5.31. The van der Waals surface area contributed by atoms with E-state index in [1.807, 2.05) is 20.8 Å². The molecule has 0 saturated heterocycles. The predicted octanol–water partition coefficient (Wildman–Crippen LogP) is 3.43. The summed E-state index contributed by atoms with van der Waals surface area (Å²) in [5.74, 6) is 0.237. The number of rotatable bonds is 4. The first-order valence-corrected chi connectivity index (χ1v) is 7.87. The Morgan fingerprint density at radius 3 is 2.35 bits per heavy atom. The van der Waals surface area contributed by atoms with E-state index in [9.17, 15) is 8.42 Å². The molecule has 0 aromatic heterocycles. The third kappa shape index (κ3) is 3.95. The number of sulfonamides is 1. The largest absolute Gasteiger partial charge is 0.240 e. The molecule has 3 nitrogen and oxygen atoms in total. The average Bonchev–Trinajstić information content (AvgIpc) is 2.21. The first-order chi connectivity index (χ1) is 7.74. The van der Waals surface area contributed by atoms with Crippen LogP contribution in [-0.2, 0) is 10.0 Å². The van der Waals surface area contributed by atoms with Crippen LogP contribution in [0.1, 0.15) is 20.8 Å².